The van der Waals surface area contributed by atoms with Gasteiger partial charge in [0.1, 0.15) is 13.1 Å². The smallest absolute Gasteiger partial charge is 0.178 e. The van der Waals surface area contributed by atoms with Crippen LogP contribution in [-0.2, 0) is 13.1 Å². The molecular weight excluding hydrogens is 444 g/mol. The first-order chi connectivity index (χ1) is 17.3. The Kier molecular flexibility index (Phi) is 9.89. The van der Waals surface area contributed by atoms with Gasteiger partial charge in [0.2, 0.25) is 0 Å². The fourth-order valence-electron chi connectivity index (χ4n) is 4.89. The summed E-state index contributed by atoms with van der Waals surface area (Å²) in [5.74, 6) is 0. The Morgan fingerprint density at radius 2 is 1.31 bits per heavy atom. The molecule has 2 nitrogen and oxygen atoms in total. The molecule has 4 rings (SSSR count). The second-order valence-corrected chi connectivity index (χ2v) is 10.8. The van der Waals surface area contributed by atoms with Gasteiger partial charge in [0, 0.05) is 40.8 Å². The van der Waals surface area contributed by atoms with Crippen LogP contribution in [0.5, 0.6) is 0 Å². The first-order valence-corrected chi connectivity index (χ1v) is 14.7. The molecule has 0 bridgehead atoms. The first-order valence-electron chi connectivity index (χ1n) is 13.8. The quantitative estimate of drug-likeness (QED) is 0.124. The Bertz CT molecular complexity index is 1180. The highest BCUT2D eigenvalue weighted by molar-refractivity contribution is 7.13. The second-order valence-electron chi connectivity index (χ2n) is 9.84. The summed E-state index contributed by atoms with van der Waals surface area (Å²) in [5, 5.41) is 4.82. The molecule has 0 aliphatic heterocycles. The molecule has 0 atom stereocenters. The Morgan fingerprint density at radius 3 is 2.00 bits per heavy atom. The van der Waals surface area contributed by atoms with Gasteiger partial charge in [-0.05, 0) is 47.4 Å². The van der Waals surface area contributed by atoms with Crippen LogP contribution >= 0.6 is 11.3 Å². The van der Waals surface area contributed by atoms with Crippen LogP contribution < -0.4 is 9.13 Å². The summed E-state index contributed by atoms with van der Waals surface area (Å²) in [5.41, 5.74) is 3.96. The molecule has 0 aliphatic rings. The molecule has 184 valence electrons. The van der Waals surface area contributed by atoms with Crippen molar-refractivity contribution in [1.82, 2.24) is 0 Å². The van der Waals surface area contributed by atoms with E-state index in [0.29, 0.717) is 0 Å². The number of pyridine rings is 2. The van der Waals surface area contributed by atoms with Crippen molar-refractivity contribution in [2.24, 2.45) is 0 Å². The van der Waals surface area contributed by atoms with E-state index in [-0.39, 0.29) is 0 Å². The van der Waals surface area contributed by atoms with Gasteiger partial charge in [-0.2, -0.15) is 0 Å². The molecule has 0 unspecified atom stereocenters. The molecule has 3 heterocycles. The lowest BCUT2D eigenvalue weighted by Crippen LogP contribution is -2.33. The number of rotatable bonds is 14. The SMILES string of the molecule is CCCCCCC[n+]1ccc(-c2ccc3c[n+](CCCCCCC)ccc3c2)c(-c2cccs2)c1. The number of benzene rings is 1. The van der Waals surface area contributed by atoms with Crippen molar-refractivity contribution < 1.29 is 9.13 Å². The summed E-state index contributed by atoms with van der Waals surface area (Å²) in [4.78, 5) is 1.34. The molecule has 4 aromatic rings. The lowest BCUT2D eigenvalue weighted by atomic mass is 9.98. The summed E-state index contributed by atoms with van der Waals surface area (Å²) in [6.45, 7) is 6.76. The average molecular weight is 487 g/mol. The standard InChI is InChI=1S/C32H42N2S/c1-3-5-7-9-11-19-33-21-17-27-24-28(15-16-29(27)25-33)30-18-22-34(20-12-10-8-6-4-2)26-31(30)32-14-13-23-35-32/h13-18,21-26H,3-12,19-20H2,1-2H3/q+2. The van der Waals surface area contributed by atoms with Crippen LogP contribution in [-0.4, -0.2) is 0 Å². The second kappa shape index (κ2) is 13.5. The van der Waals surface area contributed by atoms with Crippen LogP contribution in [0.2, 0.25) is 0 Å². The van der Waals surface area contributed by atoms with E-state index >= 15 is 0 Å². The predicted molar refractivity (Wildman–Crippen MR) is 151 cm³/mol. The number of unbranched alkanes of at least 4 members (excludes halogenated alkanes) is 8. The van der Waals surface area contributed by atoms with Crippen LogP contribution in [0.4, 0.5) is 0 Å². The molecule has 0 amide bonds. The molecule has 0 saturated carbocycles. The molecule has 3 heteroatoms. The maximum Gasteiger partial charge on any atom is 0.178 e. The normalized spacial score (nSPS) is 11.4. The van der Waals surface area contributed by atoms with Crippen LogP contribution in [0.25, 0.3) is 32.3 Å². The number of hydrogen-bond acceptors (Lipinski definition) is 1. The molecule has 1 aromatic carbocycles. The predicted octanol–water partition coefficient (Wildman–Crippen LogP) is 8.75. The van der Waals surface area contributed by atoms with Gasteiger partial charge in [-0.3, -0.25) is 0 Å². The van der Waals surface area contributed by atoms with E-state index in [2.05, 4.69) is 95.6 Å². The Labute approximate surface area is 216 Å². The highest BCUT2D eigenvalue weighted by atomic mass is 32.1. The van der Waals surface area contributed by atoms with Crippen molar-refractivity contribution in [3.05, 3.63) is 72.6 Å². The fraction of sp³-hybridized carbons (Fsp3) is 0.438. The minimum Gasteiger partial charge on any atom is -0.205 e. The fourth-order valence-corrected chi connectivity index (χ4v) is 5.64. The van der Waals surface area contributed by atoms with Crippen molar-refractivity contribution >= 4 is 22.1 Å². The van der Waals surface area contributed by atoms with Gasteiger partial charge in [-0.1, -0.05) is 64.5 Å². The minimum atomic E-state index is 1.10. The van der Waals surface area contributed by atoms with Crippen molar-refractivity contribution in [1.29, 1.82) is 0 Å². The minimum absolute atomic E-state index is 1.10. The van der Waals surface area contributed by atoms with E-state index in [1.54, 1.807) is 0 Å². The number of fused-ring (bicyclic) bond motifs is 1. The summed E-state index contributed by atoms with van der Waals surface area (Å²) in [6.07, 6.45) is 22.4. The van der Waals surface area contributed by atoms with Crippen LogP contribution in [0.15, 0.2) is 72.6 Å². The Morgan fingerprint density at radius 1 is 0.629 bits per heavy atom. The lowest BCUT2D eigenvalue weighted by molar-refractivity contribution is -0.696. The van der Waals surface area contributed by atoms with Crippen molar-refractivity contribution in [3.63, 3.8) is 0 Å². The van der Waals surface area contributed by atoms with Gasteiger partial charge in [0.15, 0.2) is 24.8 Å². The topological polar surface area (TPSA) is 7.76 Å². The van der Waals surface area contributed by atoms with E-state index in [1.165, 1.54) is 96.5 Å². The number of aromatic nitrogens is 2. The zero-order chi connectivity index (χ0) is 24.3. The molecule has 0 fully saturated rings. The number of nitrogens with zero attached hydrogens (tertiary/aromatic N) is 2. The van der Waals surface area contributed by atoms with Gasteiger partial charge in [0.25, 0.3) is 0 Å². The summed E-state index contributed by atoms with van der Waals surface area (Å²) >= 11 is 1.83. The van der Waals surface area contributed by atoms with Crippen molar-refractivity contribution in [3.8, 4) is 21.6 Å². The maximum atomic E-state index is 2.38. The van der Waals surface area contributed by atoms with E-state index < -0.39 is 0 Å². The molecule has 0 radical (unpaired) electrons. The average Bonchev–Trinajstić information content (AvgIpc) is 3.43. The summed E-state index contributed by atoms with van der Waals surface area (Å²) < 4.78 is 4.74. The Hall–Kier alpha value is -2.52. The highest BCUT2D eigenvalue weighted by Crippen LogP contribution is 2.34. The molecule has 35 heavy (non-hydrogen) atoms. The van der Waals surface area contributed by atoms with Gasteiger partial charge >= 0.3 is 0 Å². The molecule has 0 saturated heterocycles. The van der Waals surface area contributed by atoms with E-state index in [4.69, 9.17) is 0 Å². The summed E-state index contributed by atoms with van der Waals surface area (Å²) in [6, 6.07) is 16.0. The van der Waals surface area contributed by atoms with Crippen LogP contribution in [0.1, 0.15) is 78.1 Å². The van der Waals surface area contributed by atoms with Gasteiger partial charge in [-0.15, -0.1) is 11.3 Å². The molecule has 0 aliphatic carbocycles. The van der Waals surface area contributed by atoms with Crippen LogP contribution in [0, 0.1) is 0 Å². The lowest BCUT2D eigenvalue weighted by Gasteiger charge is -2.09. The Balaban J connectivity index is 1.53. The van der Waals surface area contributed by atoms with E-state index in [0.717, 1.165) is 13.1 Å². The summed E-state index contributed by atoms with van der Waals surface area (Å²) in [7, 11) is 0. The van der Waals surface area contributed by atoms with E-state index in [1.807, 2.05) is 11.3 Å². The van der Waals surface area contributed by atoms with Gasteiger partial charge in [0.05, 0.1) is 5.56 Å². The van der Waals surface area contributed by atoms with Crippen LogP contribution in [0.3, 0.4) is 0 Å². The number of aryl methyl sites for hydroxylation is 2. The third kappa shape index (κ3) is 7.24. The molecule has 0 N–H and O–H groups in total. The van der Waals surface area contributed by atoms with Gasteiger partial charge < -0.3 is 0 Å². The third-order valence-corrected chi connectivity index (χ3v) is 7.90. The zero-order valence-corrected chi connectivity index (χ0v) is 22.5. The number of hydrogen-bond donors (Lipinski definition) is 0. The maximum absolute atomic E-state index is 2.38. The molecule has 3 aromatic heterocycles. The van der Waals surface area contributed by atoms with Crippen molar-refractivity contribution in [2.75, 3.05) is 0 Å². The molecular formula is C32H42N2S+2. The molecule has 0 spiro atoms. The largest absolute Gasteiger partial charge is 0.205 e. The van der Waals surface area contributed by atoms with E-state index in [9.17, 15) is 0 Å². The first kappa shape index (κ1) is 25.6. The third-order valence-electron chi connectivity index (χ3n) is 6.99. The number of thiophene rings is 1. The zero-order valence-electron chi connectivity index (χ0n) is 21.7. The van der Waals surface area contributed by atoms with Crippen molar-refractivity contribution in [2.45, 2.75) is 91.1 Å². The van der Waals surface area contributed by atoms with Gasteiger partial charge in [-0.25, -0.2) is 9.13 Å². The monoisotopic (exact) mass is 486 g/mol. The highest BCUT2D eigenvalue weighted by Gasteiger charge is 2.15.